The van der Waals surface area contributed by atoms with Crippen LogP contribution >= 0.6 is 0 Å². The molecule has 0 aromatic carbocycles. The minimum atomic E-state index is -0.843. The number of amides is 1. The number of carbonyl (C=O) groups excluding carboxylic acids is 1. The zero-order valence-corrected chi connectivity index (χ0v) is 11.9. The number of aliphatic carboxylic acids is 1. The Hall–Kier alpha value is -2.70. The quantitative estimate of drug-likeness (QED) is 0.920. The van der Waals surface area contributed by atoms with Crippen LogP contribution in [0.15, 0.2) is 36.8 Å². The first-order valence-corrected chi connectivity index (χ1v) is 7.13. The molecule has 0 radical (unpaired) electrons. The van der Waals surface area contributed by atoms with Gasteiger partial charge in [-0.15, -0.1) is 0 Å². The Morgan fingerprint density at radius 3 is 2.91 bits per heavy atom. The van der Waals surface area contributed by atoms with Crippen molar-refractivity contribution in [1.29, 1.82) is 0 Å². The van der Waals surface area contributed by atoms with Gasteiger partial charge in [0.15, 0.2) is 5.82 Å². The van der Waals surface area contributed by atoms with Crippen LogP contribution in [-0.2, 0) is 4.79 Å². The predicted octanol–water partition coefficient (Wildman–Crippen LogP) is 1.20. The molecule has 1 N–H and O–H groups in total. The molecule has 1 aliphatic heterocycles. The lowest BCUT2D eigenvalue weighted by Crippen LogP contribution is -2.42. The highest BCUT2D eigenvalue weighted by Gasteiger charge is 2.28. The van der Waals surface area contributed by atoms with E-state index in [0.717, 1.165) is 0 Å². The molecule has 1 unspecified atom stereocenters. The van der Waals surface area contributed by atoms with Gasteiger partial charge in [-0.2, -0.15) is 5.10 Å². The Bertz CT molecular complexity index is 684. The summed E-state index contributed by atoms with van der Waals surface area (Å²) in [6.45, 7) is 0.843. The zero-order chi connectivity index (χ0) is 15.5. The average molecular weight is 300 g/mol. The molecule has 3 rings (SSSR count). The lowest BCUT2D eigenvalue weighted by Gasteiger charge is -2.30. The van der Waals surface area contributed by atoms with E-state index in [4.69, 9.17) is 5.11 Å². The van der Waals surface area contributed by atoms with Crippen LogP contribution < -0.4 is 0 Å². The molecule has 0 aliphatic carbocycles. The third-order valence-corrected chi connectivity index (χ3v) is 3.79. The van der Waals surface area contributed by atoms with E-state index in [-0.39, 0.29) is 12.5 Å². The number of piperidine rings is 1. The summed E-state index contributed by atoms with van der Waals surface area (Å²) in [5.41, 5.74) is 0.492. The Labute approximate surface area is 127 Å². The molecule has 7 nitrogen and oxygen atoms in total. The normalized spacial score (nSPS) is 18.2. The van der Waals surface area contributed by atoms with Gasteiger partial charge in [0.25, 0.3) is 5.91 Å². The minimum absolute atomic E-state index is 0.165. The molecule has 22 heavy (non-hydrogen) atoms. The molecule has 114 valence electrons. The van der Waals surface area contributed by atoms with Crippen molar-refractivity contribution < 1.29 is 14.7 Å². The Kier molecular flexibility index (Phi) is 3.86. The van der Waals surface area contributed by atoms with Crippen molar-refractivity contribution in [3.63, 3.8) is 0 Å². The summed E-state index contributed by atoms with van der Waals surface area (Å²) in [6.07, 6.45) is 6.27. The highest BCUT2D eigenvalue weighted by Crippen LogP contribution is 2.19. The molecule has 1 fully saturated rings. The van der Waals surface area contributed by atoms with E-state index >= 15 is 0 Å². The van der Waals surface area contributed by atoms with Crippen molar-refractivity contribution in [3.8, 4) is 5.82 Å². The van der Waals surface area contributed by atoms with Crippen LogP contribution in [-0.4, -0.2) is 49.7 Å². The monoisotopic (exact) mass is 300 g/mol. The van der Waals surface area contributed by atoms with Crippen molar-refractivity contribution in [3.05, 3.63) is 42.4 Å². The fraction of sp³-hybridized carbons (Fsp3) is 0.333. The molecular weight excluding hydrogens is 284 g/mol. The molecule has 1 saturated heterocycles. The lowest BCUT2D eigenvalue weighted by atomic mass is 9.98. The van der Waals surface area contributed by atoms with Gasteiger partial charge in [-0.3, -0.25) is 9.59 Å². The van der Waals surface area contributed by atoms with Crippen LogP contribution in [0, 0.1) is 5.92 Å². The van der Waals surface area contributed by atoms with E-state index in [9.17, 15) is 9.59 Å². The number of rotatable bonds is 3. The second-order valence-corrected chi connectivity index (χ2v) is 5.28. The molecule has 0 saturated carbocycles. The molecule has 1 aliphatic rings. The summed E-state index contributed by atoms with van der Waals surface area (Å²) in [6, 6.07) is 5.08. The van der Waals surface area contributed by atoms with Crippen LogP contribution in [0.3, 0.4) is 0 Å². The number of aromatic nitrogens is 3. The number of carbonyl (C=O) groups is 2. The molecular formula is C15H16N4O3. The van der Waals surface area contributed by atoms with Gasteiger partial charge in [0.2, 0.25) is 0 Å². The first-order chi connectivity index (χ1) is 10.6. The maximum atomic E-state index is 12.6. The van der Waals surface area contributed by atoms with E-state index in [1.807, 2.05) is 0 Å². The molecule has 2 aromatic heterocycles. The van der Waals surface area contributed by atoms with Crippen LogP contribution in [0.25, 0.3) is 5.82 Å². The lowest BCUT2D eigenvalue weighted by molar-refractivity contribution is -0.143. The second-order valence-electron chi connectivity index (χ2n) is 5.28. The molecule has 7 heteroatoms. The highest BCUT2D eigenvalue weighted by atomic mass is 16.4. The topological polar surface area (TPSA) is 88.3 Å². The van der Waals surface area contributed by atoms with Gasteiger partial charge in [0.05, 0.1) is 5.92 Å². The van der Waals surface area contributed by atoms with Gasteiger partial charge in [-0.1, -0.05) is 0 Å². The summed E-state index contributed by atoms with van der Waals surface area (Å²) in [4.78, 5) is 29.5. The van der Waals surface area contributed by atoms with Crippen LogP contribution in [0.4, 0.5) is 0 Å². The van der Waals surface area contributed by atoms with Gasteiger partial charge in [0.1, 0.15) is 0 Å². The van der Waals surface area contributed by atoms with Gasteiger partial charge in [0, 0.05) is 37.2 Å². The van der Waals surface area contributed by atoms with Crippen molar-refractivity contribution in [1.82, 2.24) is 19.7 Å². The van der Waals surface area contributed by atoms with Gasteiger partial charge in [-0.25, -0.2) is 9.67 Å². The summed E-state index contributed by atoms with van der Waals surface area (Å²) >= 11 is 0. The number of hydrogen-bond donors (Lipinski definition) is 1. The standard InChI is InChI=1S/C15H16N4O3/c20-14(18-7-1-3-12(10-18)15(21)22)11-4-6-16-13(9-11)19-8-2-5-17-19/h2,4-6,8-9,12H,1,3,7,10H2,(H,21,22). The minimum Gasteiger partial charge on any atom is -0.481 e. The zero-order valence-electron chi connectivity index (χ0n) is 11.9. The number of carboxylic acids is 1. The van der Waals surface area contributed by atoms with E-state index < -0.39 is 11.9 Å². The average Bonchev–Trinajstić information content (AvgIpc) is 3.09. The van der Waals surface area contributed by atoms with E-state index in [1.165, 1.54) is 0 Å². The molecule has 0 bridgehead atoms. The van der Waals surface area contributed by atoms with Crippen molar-refractivity contribution >= 4 is 11.9 Å². The maximum Gasteiger partial charge on any atom is 0.308 e. The van der Waals surface area contributed by atoms with Crippen molar-refractivity contribution in [2.45, 2.75) is 12.8 Å². The van der Waals surface area contributed by atoms with E-state index in [2.05, 4.69) is 10.1 Å². The fourth-order valence-corrected chi connectivity index (χ4v) is 2.63. The SMILES string of the molecule is O=C(O)C1CCCN(C(=O)c2ccnc(-n3cccn3)c2)C1. The van der Waals surface area contributed by atoms with Crippen molar-refractivity contribution in [2.75, 3.05) is 13.1 Å². The summed E-state index contributed by atoms with van der Waals surface area (Å²) < 4.78 is 1.58. The van der Waals surface area contributed by atoms with E-state index in [0.29, 0.717) is 30.8 Å². The number of likely N-dealkylation sites (tertiary alicyclic amines) is 1. The fourth-order valence-electron chi connectivity index (χ4n) is 2.63. The van der Waals surface area contributed by atoms with Gasteiger partial charge < -0.3 is 10.0 Å². The third-order valence-electron chi connectivity index (χ3n) is 3.79. The number of carboxylic acid groups (broad SMARTS) is 1. The number of hydrogen-bond acceptors (Lipinski definition) is 4. The Morgan fingerprint density at radius 2 is 2.18 bits per heavy atom. The first-order valence-electron chi connectivity index (χ1n) is 7.13. The first kappa shape index (κ1) is 14.2. The molecule has 2 aromatic rings. The summed E-state index contributed by atoms with van der Waals surface area (Å²) in [7, 11) is 0. The molecule has 1 atom stereocenters. The van der Waals surface area contributed by atoms with Gasteiger partial charge in [-0.05, 0) is 31.0 Å². The number of pyridine rings is 1. The Morgan fingerprint density at radius 1 is 1.32 bits per heavy atom. The van der Waals surface area contributed by atoms with E-state index in [1.54, 1.807) is 46.4 Å². The summed E-state index contributed by atoms with van der Waals surface area (Å²) in [5, 5.41) is 13.2. The predicted molar refractivity (Wildman–Crippen MR) is 77.6 cm³/mol. The maximum absolute atomic E-state index is 12.6. The molecule has 0 spiro atoms. The third kappa shape index (κ3) is 2.83. The molecule has 1 amide bonds. The van der Waals surface area contributed by atoms with Crippen LogP contribution in [0.1, 0.15) is 23.2 Å². The molecule has 3 heterocycles. The Balaban J connectivity index is 1.80. The highest BCUT2D eigenvalue weighted by molar-refractivity contribution is 5.94. The smallest absolute Gasteiger partial charge is 0.308 e. The second kappa shape index (κ2) is 5.97. The van der Waals surface area contributed by atoms with Crippen molar-refractivity contribution in [2.24, 2.45) is 5.92 Å². The van der Waals surface area contributed by atoms with Crippen LogP contribution in [0.2, 0.25) is 0 Å². The number of nitrogens with zero attached hydrogens (tertiary/aromatic N) is 4. The largest absolute Gasteiger partial charge is 0.481 e. The van der Waals surface area contributed by atoms with Gasteiger partial charge >= 0.3 is 5.97 Å². The van der Waals surface area contributed by atoms with Crippen LogP contribution in [0.5, 0.6) is 0 Å². The summed E-state index contributed by atoms with van der Waals surface area (Å²) in [5.74, 6) is -0.931.